The predicted molar refractivity (Wildman–Crippen MR) is 71.9 cm³/mol. The lowest BCUT2D eigenvalue weighted by atomic mass is 10.0. The Labute approximate surface area is 102 Å². The molecular weight excluding hydrogens is 196 g/mol. The summed E-state index contributed by atoms with van der Waals surface area (Å²) in [6.07, 6.45) is 6.58. The maximum atomic E-state index is 3.84. The van der Waals surface area contributed by atoms with Crippen molar-refractivity contribution in [2.75, 3.05) is 13.1 Å². The van der Waals surface area contributed by atoms with Gasteiger partial charge in [-0.3, -0.25) is 0 Å². The van der Waals surface area contributed by atoms with Gasteiger partial charge in [0.25, 0.3) is 0 Å². The first-order valence-electron chi connectivity index (χ1n) is 7.17. The van der Waals surface area contributed by atoms with Crippen LogP contribution in [0.2, 0.25) is 0 Å². The second kappa shape index (κ2) is 7.29. The first kappa shape index (κ1) is 14.0. The largest absolute Gasteiger partial charge is 0.311 e. The summed E-state index contributed by atoms with van der Waals surface area (Å²) in [5, 5.41) is 3.84. The third-order valence-corrected chi connectivity index (χ3v) is 3.86. The van der Waals surface area contributed by atoms with Crippen LogP contribution in [-0.2, 0) is 0 Å². The summed E-state index contributed by atoms with van der Waals surface area (Å²) in [5.41, 5.74) is 0. The van der Waals surface area contributed by atoms with E-state index in [-0.39, 0.29) is 0 Å². The van der Waals surface area contributed by atoms with E-state index in [0.717, 1.165) is 18.1 Å². The zero-order valence-corrected chi connectivity index (χ0v) is 11.6. The Bertz CT molecular complexity index is 172. The molecule has 0 radical (unpaired) electrons. The van der Waals surface area contributed by atoms with Gasteiger partial charge in [0.1, 0.15) is 0 Å². The van der Waals surface area contributed by atoms with Gasteiger partial charge >= 0.3 is 0 Å². The van der Waals surface area contributed by atoms with Crippen molar-refractivity contribution in [1.82, 2.24) is 10.2 Å². The molecule has 1 atom stereocenters. The van der Waals surface area contributed by atoms with Crippen LogP contribution in [0.1, 0.15) is 59.8 Å². The highest BCUT2D eigenvalue weighted by molar-refractivity contribution is 4.81. The van der Waals surface area contributed by atoms with Crippen molar-refractivity contribution in [2.24, 2.45) is 0 Å². The van der Waals surface area contributed by atoms with Crippen LogP contribution >= 0.6 is 0 Å². The van der Waals surface area contributed by atoms with Crippen LogP contribution in [0.5, 0.6) is 0 Å². The fraction of sp³-hybridized carbons (Fsp3) is 1.00. The molecule has 1 heterocycles. The highest BCUT2D eigenvalue weighted by Gasteiger charge is 2.21. The molecule has 16 heavy (non-hydrogen) atoms. The lowest BCUT2D eigenvalue weighted by molar-refractivity contribution is 0.155. The van der Waals surface area contributed by atoms with Crippen molar-refractivity contribution in [1.29, 1.82) is 0 Å². The Balaban J connectivity index is 2.25. The molecule has 96 valence electrons. The Morgan fingerprint density at radius 1 is 1.19 bits per heavy atom. The van der Waals surface area contributed by atoms with Gasteiger partial charge in [-0.25, -0.2) is 0 Å². The third kappa shape index (κ3) is 4.42. The number of nitrogens with zero attached hydrogens (tertiary/aromatic N) is 1. The molecule has 1 aliphatic rings. The molecule has 1 N–H and O–H groups in total. The molecule has 0 aromatic rings. The van der Waals surface area contributed by atoms with Crippen molar-refractivity contribution in [3.8, 4) is 0 Å². The first-order chi connectivity index (χ1) is 7.67. The fourth-order valence-corrected chi connectivity index (χ4v) is 2.67. The summed E-state index contributed by atoms with van der Waals surface area (Å²) in [6, 6.07) is 2.24. The minimum atomic E-state index is 0.721. The van der Waals surface area contributed by atoms with Crippen LogP contribution in [0, 0.1) is 0 Å². The molecule has 0 spiro atoms. The topological polar surface area (TPSA) is 15.3 Å². The van der Waals surface area contributed by atoms with Gasteiger partial charge in [-0.2, -0.15) is 0 Å². The lowest BCUT2D eigenvalue weighted by Gasteiger charge is -2.36. The van der Waals surface area contributed by atoms with Gasteiger partial charge in [0.2, 0.25) is 0 Å². The molecule has 1 rings (SSSR count). The number of likely N-dealkylation sites (tertiary alicyclic amines) is 1. The third-order valence-electron chi connectivity index (χ3n) is 3.86. The zero-order valence-electron chi connectivity index (χ0n) is 11.6. The van der Waals surface area contributed by atoms with E-state index in [2.05, 4.69) is 37.9 Å². The normalized spacial score (nSPS) is 21.6. The molecule has 0 aromatic carbocycles. The molecular formula is C14H30N2. The molecule has 1 unspecified atom stereocenters. The molecule has 0 aliphatic carbocycles. The predicted octanol–water partition coefficient (Wildman–Crippen LogP) is 3.03. The summed E-state index contributed by atoms with van der Waals surface area (Å²) in [7, 11) is 0. The number of piperidine rings is 1. The Morgan fingerprint density at radius 3 is 2.25 bits per heavy atom. The number of hydrogen-bond donors (Lipinski definition) is 1. The summed E-state index contributed by atoms with van der Waals surface area (Å²) < 4.78 is 0. The van der Waals surface area contributed by atoms with Gasteiger partial charge in [0.05, 0.1) is 0 Å². The highest BCUT2D eigenvalue weighted by atomic mass is 15.2. The van der Waals surface area contributed by atoms with Gasteiger partial charge in [-0.05, 0) is 52.6 Å². The summed E-state index contributed by atoms with van der Waals surface area (Å²) in [6.45, 7) is 11.7. The van der Waals surface area contributed by atoms with Crippen LogP contribution in [0.4, 0.5) is 0 Å². The van der Waals surface area contributed by atoms with E-state index < -0.39 is 0 Å². The second-order valence-corrected chi connectivity index (χ2v) is 5.46. The average molecular weight is 226 g/mol. The molecule has 0 aromatic heterocycles. The number of nitrogens with one attached hydrogen (secondary N) is 1. The number of rotatable bonds is 6. The molecule has 0 saturated carbocycles. The Morgan fingerprint density at radius 2 is 1.81 bits per heavy atom. The minimum Gasteiger partial charge on any atom is -0.311 e. The Kier molecular flexibility index (Phi) is 6.37. The average Bonchev–Trinajstić information content (AvgIpc) is 2.29. The maximum Gasteiger partial charge on any atom is 0.00940 e. The van der Waals surface area contributed by atoms with E-state index in [0.29, 0.717) is 0 Å². The molecule has 2 nitrogen and oxygen atoms in total. The van der Waals surface area contributed by atoms with Crippen molar-refractivity contribution in [3.05, 3.63) is 0 Å². The molecule has 0 bridgehead atoms. The molecule has 0 amide bonds. The maximum absolute atomic E-state index is 3.84. The van der Waals surface area contributed by atoms with Gasteiger partial charge in [0, 0.05) is 18.1 Å². The van der Waals surface area contributed by atoms with Crippen LogP contribution in [0.15, 0.2) is 0 Å². The van der Waals surface area contributed by atoms with Crippen LogP contribution in [-0.4, -0.2) is 36.1 Å². The SMILES string of the molecule is CCCC(CC)NC1CCN(C(C)C)CC1. The van der Waals surface area contributed by atoms with E-state index in [1.54, 1.807) is 0 Å². The van der Waals surface area contributed by atoms with E-state index >= 15 is 0 Å². The Hall–Kier alpha value is -0.0800. The molecule has 2 heteroatoms. The van der Waals surface area contributed by atoms with Crippen molar-refractivity contribution >= 4 is 0 Å². The van der Waals surface area contributed by atoms with E-state index in [9.17, 15) is 0 Å². The number of hydrogen-bond acceptors (Lipinski definition) is 2. The standard InChI is InChI=1S/C14H30N2/c1-5-7-13(6-2)15-14-8-10-16(11-9-14)12(3)4/h12-15H,5-11H2,1-4H3. The summed E-state index contributed by atoms with van der Waals surface area (Å²) in [5.74, 6) is 0. The lowest BCUT2D eigenvalue weighted by Crippen LogP contribution is -2.47. The molecule has 1 saturated heterocycles. The van der Waals surface area contributed by atoms with Crippen molar-refractivity contribution < 1.29 is 0 Å². The monoisotopic (exact) mass is 226 g/mol. The second-order valence-electron chi connectivity index (χ2n) is 5.46. The van der Waals surface area contributed by atoms with Gasteiger partial charge < -0.3 is 10.2 Å². The minimum absolute atomic E-state index is 0.721. The van der Waals surface area contributed by atoms with Crippen LogP contribution < -0.4 is 5.32 Å². The quantitative estimate of drug-likeness (QED) is 0.749. The fourth-order valence-electron chi connectivity index (χ4n) is 2.67. The first-order valence-corrected chi connectivity index (χ1v) is 7.17. The highest BCUT2D eigenvalue weighted by Crippen LogP contribution is 2.14. The van der Waals surface area contributed by atoms with Gasteiger partial charge in [0.15, 0.2) is 0 Å². The zero-order chi connectivity index (χ0) is 12.0. The van der Waals surface area contributed by atoms with Crippen molar-refractivity contribution in [3.63, 3.8) is 0 Å². The van der Waals surface area contributed by atoms with Crippen LogP contribution in [0.3, 0.4) is 0 Å². The van der Waals surface area contributed by atoms with E-state index in [1.165, 1.54) is 45.2 Å². The van der Waals surface area contributed by atoms with E-state index in [1.807, 2.05) is 0 Å². The van der Waals surface area contributed by atoms with Gasteiger partial charge in [-0.1, -0.05) is 20.3 Å². The molecule has 1 aliphatic heterocycles. The van der Waals surface area contributed by atoms with E-state index in [4.69, 9.17) is 0 Å². The van der Waals surface area contributed by atoms with Crippen molar-refractivity contribution in [2.45, 2.75) is 77.9 Å². The molecule has 1 fully saturated rings. The van der Waals surface area contributed by atoms with Gasteiger partial charge in [-0.15, -0.1) is 0 Å². The summed E-state index contributed by atoms with van der Waals surface area (Å²) in [4.78, 5) is 2.60. The van der Waals surface area contributed by atoms with Crippen LogP contribution in [0.25, 0.3) is 0 Å². The summed E-state index contributed by atoms with van der Waals surface area (Å²) >= 11 is 0. The smallest absolute Gasteiger partial charge is 0.00940 e.